The quantitative estimate of drug-likeness (QED) is 0.702. The van der Waals surface area contributed by atoms with Gasteiger partial charge in [0.05, 0.1) is 0 Å². The van der Waals surface area contributed by atoms with E-state index in [4.69, 9.17) is 10.3 Å². The molecule has 106 valence electrons. The lowest BCUT2D eigenvalue weighted by molar-refractivity contribution is 0.432. The number of rotatable bonds is 2. The van der Waals surface area contributed by atoms with Crippen molar-refractivity contribution < 1.29 is 4.52 Å². The highest BCUT2D eigenvalue weighted by molar-refractivity contribution is 9.10. The molecule has 0 aliphatic heterocycles. The van der Waals surface area contributed by atoms with Crippen molar-refractivity contribution in [2.75, 3.05) is 5.73 Å². The Bertz CT molecular complexity index is 811. The first-order valence-corrected chi connectivity index (χ1v) is 7.31. The van der Waals surface area contributed by atoms with Gasteiger partial charge in [-0.3, -0.25) is 0 Å². The Morgan fingerprint density at radius 1 is 1.14 bits per heavy atom. The average molecular weight is 344 g/mol. The predicted molar refractivity (Wildman–Crippen MR) is 86.8 cm³/mol. The van der Waals surface area contributed by atoms with E-state index in [1.165, 1.54) is 0 Å². The van der Waals surface area contributed by atoms with Crippen molar-refractivity contribution in [3.63, 3.8) is 0 Å². The molecule has 0 spiro atoms. The first kappa shape index (κ1) is 13.8. The van der Waals surface area contributed by atoms with E-state index in [1.807, 2.05) is 50.2 Å². The summed E-state index contributed by atoms with van der Waals surface area (Å²) in [5, 5.41) is 4.06. The first-order valence-electron chi connectivity index (χ1n) is 6.52. The Hall–Kier alpha value is -2.14. The number of nitrogen functional groups attached to an aromatic ring is 1. The van der Waals surface area contributed by atoms with Crippen molar-refractivity contribution in [1.29, 1.82) is 0 Å². The highest BCUT2D eigenvalue weighted by atomic mass is 79.9. The third-order valence-electron chi connectivity index (χ3n) is 3.46. The number of hydrogen-bond acceptors (Lipinski definition) is 4. The van der Waals surface area contributed by atoms with Crippen molar-refractivity contribution in [3.8, 4) is 22.8 Å². The van der Waals surface area contributed by atoms with Gasteiger partial charge in [0.2, 0.25) is 5.82 Å². The first-order chi connectivity index (χ1) is 10.1. The third-order valence-corrected chi connectivity index (χ3v) is 4.32. The minimum Gasteiger partial charge on any atom is -0.398 e. The Morgan fingerprint density at radius 3 is 2.71 bits per heavy atom. The third kappa shape index (κ3) is 2.56. The molecule has 3 aromatic rings. The minimum atomic E-state index is 0.478. The van der Waals surface area contributed by atoms with E-state index in [0.29, 0.717) is 17.4 Å². The van der Waals surface area contributed by atoms with Gasteiger partial charge in [-0.15, -0.1) is 0 Å². The van der Waals surface area contributed by atoms with Crippen LogP contribution in [0.4, 0.5) is 5.69 Å². The Kier molecular flexibility index (Phi) is 3.51. The van der Waals surface area contributed by atoms with E-state index >= 15 is 0 Å². The van der Waals surface area contributed by atoms with Gasteiger partial charge in [-0.25, -0.2) is 0 Å². The molecule has 0 amide bonds. The van der Waals surface area contributed by atoms with Crippen LogP contribution in [0.5, 0.6) is 0 Å². The van der Waals surface area contributed by atoms with Crippen LogP contribution in [0.1, 0.15) is 11.1 Å². The van der Waals surface area contributed by atoms with Gasteiger partial charge in [-0.1, -0.05) is 39.3 Å². The van der Waals surface area contributed by atoms with Gasteiger partial charge in [0.1, 0.15) is 0 Å². The lowest BCUT2D eigenvalue weighted by Gasteiger charge is -2.03. The monoisotopic (exact) mass is 343 g/mol. The lowest BCUT2D eigenvalue weighted by atomic mass is 10.1. The van der Waals surface area contributed by atoms with Crippen LogP contribution in [0.25, 0.3) is 22.8 Å². The van der Waals surface area contributed by atoms with Crippen molar-refractivity contribution in [2.24, 2.45) is 0 Å². The number of nitrogens with zero attached hydrogens (tertiary/aromatic N) is 2. The van der Waals surface area contributed by atoms with Gasteiger partial charge >= 0.3 is 0 Å². The summed E-state index contributed by atoms with van der Waals surface area (Å²) in [6.07, 6.45) is 0. The number of hydrogen-bond donors (Lipinski definition) is 1. The van der Waals surface area contributed by atoms with Gasteiger partial charge in [-0.2, -0.15) is 4.98 Å². The zero-order valence-corrected chi connectivity index (χ0v) is 13.3. The SMILES string of the molecule is Cc1ccc(-c2noc(-c3cccc(N)c3C)n2)cc1Br. The number of anilines is 1. The molecule has 0 aliphatic rings. The maximum absolute atomic E-state index is 5.92. The second-order valence-corrected chi connectivity index (χ2v) is 5.76. The Morgan fingerprint density at radius 2 is 1.95 bits per heavy atom. The standard InChI is InChI=1S/C16H14BrN3O/c1-9-6-7-11(8-13(9)17)15-19-16(21-20-15)12-4-3-5-14(18)10(12)2/h3-8H,18H2,1-2H3. The minimum absolute atomic E-state index is 0.478. The van der Waals surface area contributed by atoms with Crippen molar-refractivity contribution in [3.05, 3.63) is 52.0 Å². The molecule has 0 atom stereocenters. The number of benzene rings is 2. The normalized spacial score (nSPS) is 10.8. The number of aromatic nitrogens is 2. The topological polar surface area (TPSA) is 64.9 Å². The molecule has 1 aromatic heterocycles. The number of halogens is 1. The summed E-state index contributed by atoms with van der Waals surface area (Å²) in [4.78, 5) is 4.47. The van der Waals surface area contributed by atoms with Crippen LogP contribution < -0.4 is 5.73 Å². The fourth-order valence-electron chi connectivity index (χ4n) is 2.07. The molecule has 0 bridgehead atoms. The molecule has 21 heavy (non-hydrogen) atoms. The molecular formula is C16H14BrN3O. The fourth-order valence-corrected chi connectivity index (χ4v) is 2.45. The van der Waals surface area contributed by atoms with Crippen LogP contribution in [0.15, 0.2) is 45.4 Å². The van der Waals surface area contributed by atoms with Gasteiger partial charge in [0.25, 0.3) is 5.89 Å². The van der Waals surface area contributed by atoms with Gasteiger partial charge in [-0.05, 0) is 43.2 Å². The smallest absolute Gasteiger partial charge is 0.258 e. The molecular weight excluding hydrogens is 330 g/mol. The maximum atomic E-state index is 5.92. The van der Waals surface area contributed by atoms with Crippen LogP contribution in [-0.2, 0) is 0 Å². The van der Waals surface area contributed by atoms with E-state index < -0.39 is 0 Å². The second kappa shape index (κ2) is 5.33. The zero-order chi connectivity index (χ0) is 15.0. The van der Waals surface area contributed by atoms with E-state index in [1.54, 1.807) is 0 Å². The summed E-state index contributed by atoms with van der Waals surface area (Å²) >= 11 is 3.51. The van der Waals surface area contributed by atoms with Crippen LogP contribution in [0.2, 0.25) is 0 Å². The van der Waals surface area contributed by atoms with Crippen LogP contribution in [0, 0.1) is 13.8 Å². The number of aryl methyl sites for hydroxylation is 1. The molecule has 0 saturated heterocycles. The molecule has 2 N–H and O–H groups in total. The van der Waals surface area contributed by atoms with Crippen molar-refractivity contribution in [2.45, 2.75) is 13.8 Å². The molecule has 3 rings (SSSR count). The molecule has 1 heterocycles. The van der Waals surface area contributed by atoms with Crippen molar-refractivity contribution in [1.82, 2.24) is 10.1 Å². The predicted octanol–water partition coefficient (Wildman–Crippen LogP) is 4.37. The summed E-state index contributed by atoms with van der Waals surface area (Å²) in [5.74, 6) is 1.04. The summed E-state index contributed by atoms with van der Waals surface area (Å²) in [6.45, 7) is 3.97. The summed E-state index contributed by atoms with van der Waals surface area (Å²) < 4.78 is 6.40. The summed E-state index contributed by atoms with van der Waals surface area (Å²) in [7, 11) is 0. The summed E-state index contributed by atoms with van der Waals surface area (Å²) in [6, 6.07) is 11.6. The van der Waals surface area contributed by atoms with Crippen LogP contribution in [0.3, 0.4) is 0 Å². The molecule has 0 unspecified atom stereocenters. The zero-order valence-electron chi connectivity index (χ0n) is 11.7. The molecule has 5 heteroatoms. The van der Waals surface area contributed by atoms with Crippen molar-refractivity contribution >= 4 is 21.6 Å². The van der Waals surface area contributed by atoms with Gasteiger partial charge in [0, 0.05) is 21.3 Å². The molecule has 0 radical (unpaired) electrons. The van der Waals surface area contributed by atoms with Gasteiger partial charge in [0.15, 0.2) is 0 Å². The Balaban J connectivity index is 2.03. The summed E-state index contributed by atoms with van der Waals surface area (Å²) in [5.41, 5.74) is 10.5. The van der Waals surface area contributed by atoms with E-state index in [0.717, 1.165) is 26.7 Å². The highest BCUT2D eigenvalue weighted by Gasteiger charge is 2.14. The molecule has 4 nitrogen and oxygen atoms in total. The fraction of sp³-hybridized carbons (Fsp3) is 0.125. The lowest BCUT2D eigenvalue weighted by Crippen LogP contribution is -1.92. The van der Waals surface area contributed by atoms with Crippen LogP contribution in [-0.4, -0.2) is 10.1 Å². The molecule has 0 fully saturated rings. The van der Waals surface area contributed by atoms with Crippen LogP contribution >= 0.6 is 15.9 Å². The highest BCUT2D eigenvalue weighted by Crippen LogP contribution is 2.29. The number of nitrogens with two attached hydrogens (primary N) is 1. The Labute approximate surface area is 131 Å². The molecule has 2 aromatic carbocycles. The molecule has 0 aliphatic carbocycles. The van der Waals surface area contributed by atoms with E-state index in [-0.39, 0.29) is 0 Å². The molecule has 0 saturated carbocycles. The maximum Gasteiger partial charge on any atom is 0.258 e. The van der Waals surface area contributed by atoms with Gasteiger partial charge < -0.3 is 10.3 Å². The average Bonchev–Trinajstić information content (AvgIpc) is 2.94. The van der Waals surface area contributed by atoms with E-state index in [9.17, 15) is 0 Å². The van der Waals surface area contributed by atoms with E-state index in [2.05, 4.69) is 26.1 Å². The second-order valence-electron chi connectivity index (χ2n) is 4.91. The largest absolute Gasteiger partial charge is 0.398 e.